The minimum atomic E-state index is -1.71. The quantitative estimate of drug-likeness (QED) is 0.369. The van der Waals surface area contributed by atoms with E-state index in [1.54, 1.807) is 49.5 Å². The van der Waals surface area contributed by atoms with Crippen LogP contribution in [0.1, 0.15) is 19.4 Å². The lowest BCUT2D eigenvalue weighted by molar-refractivity contribution is -0.161. The van der Waals surface area contributed by atoms with Gasteiger partial charge in [0.1, 0.15) is 22.2 Å². The summed E-state index contributed by atoms with van der Waals surface area (Å²) < 4.78 is -0.942. The molecule has 0 aromatic heterocycles. The van der Waals surface area contributed by atoms with Crippen LogP contribution in [0.4, 0.5) is 15.3 Å². The lowest BCUT2D eigenvalue weighted by Gasteiger charge is -2.47. The van der Waals surface area contributed by atoms with Crippen LogP contribution >= 0.6 is 35.3 Å². The van der Waals surface area contributed by atoms with Crippen LogP contribution in [0.3, 0.4) is 0 Å². The van der Waals surface area contributed by atoms with E-state index in [9.17, 15) is 29.1 Å². The minimum absolute atomic E-state index is 0.160. The van der Waals surface area contributed by atoms with Crippen LogP contribution < -0.4 is 20.9 Å². The molecule has 0 saturated carbocycles. The van der Waals surface area contributed by atoms with Gasteiger partial charge in [-0.3, -0.25) is 9.59 Å². The summed E-state index contributed by atoms with van der Waals surface area (Å²) in [5, 5.41) is 17.5. The second kappa shape index (κ2) is 8.88. The van der Waals surface area contributed by atoms with Crippen molar-refractivity contribution >= 4 is 70.8 Å². The fourth-order valence-corrected chi connectivity index (χ4v) is 10.3. The summed E-state index contributed by atoms with van der Waals surface area (Å²) in [6, 6.07) is 3.99. The fourth-order valence-electron chi connectivity index (χ4n) is 5.70. The molecule has 5 aliphatic rings. The molecule has 5 aliphatic heterocycles. The summed E-state index contributed by atoms with van der Waals surface area (Å²) >= 11 is 4.62. The molecule has 202 valence electrons. The number of rotatable bonds is 5. The standard InChI is InChI=1S/C23H26N6O6S3/c1-22(2)14(17(31)32)28-15(30)13(16(28)38-22)25-18(33)23(26-20(35)27-7-6-24-19(27)34)11-4-3-5-12(10-11)29(23)21-36-8-9-37-21/h3-5,10,13-14,16,21H,6-9H2,1-2H3,(H,24,34)(H,25,33)(H,26,35)(H,31,32)/t13-,14+,16-,23?/m1/s1. The summed E-state index contributed by atoms with van der Waals surface area (Å²) in [6.45, 7) is 4.00. The van der Waals surface area contributed by atoms with Gasteiger partial charge in [0.15, 0.2) is 0 Å². The van der Waals surface area contributed by atoms with Gasteiger partial charge in [0.2, 0.25) is 11.6 Å². The van der Waals surface area contributed by atoms with E-state index in [0.29, 0.717) is 12.1 Å². The van der Waals surface area contributed by atoms with Crippen molar-refractivity contribution in [1.82, 2.24) is 25.8 Å². The van der Waals surface area contributed by atoms with Crippen molar-refractivity contribution in [1.29, 1.82) is 0 Å². The topological polar surface area (TPSA) is 151 Å². The number of anilines is 1. The van der Waals surface area contributed by atoms with Crippen molar-refractivity contribution in [3.8, 4) is 0 Å². The number of amides is 6. The molecule has 4 fully saturated rings. The molecule has 2 bridgehead atoms. The highest BCUT2D eigenvalue weighted by Gasteiger charge is 2.65. The Morgan fingerprint density at radius 2 is 1.89 bits per heavy atom. The van der Waals surface area contributed by atoms with Gasteiger partial charge in [-0.1, -0.05) is 12.1 Å². The zero-order chi connectivity index (χ0) is 27.0. The third kappa shape index (κ3) is 3.57. The molecule has 0 aliphatic carbocycles. The van der Waals surface area contributed by atoms with Gasteiger partial charge in [-0.15, -0.1) is 35.3 Å². The number of imide groups is 1. The smallest absolute Gasteiger partial charge is 0.328 e. The number of thioether (sulfide) groups is 3. The Kier molecular flexibility index (Phi) is 5.96. The number of hydrogen-bond donors (Lipinski definition) is 4. The van der Waals surface area contributed by atoms with Gasteiger partial charge in [-0.2, -0.15) is 0 Å². The van der Waals surface area contributed by atoms with E-state index in [-0.39, 0.29) is 11.3 Å². The average molecular weight is 579 g/mol. The van der Waals surface area contributed by atoms with Gasteiger partial charge in [-0.25, -0.2) is 19.3 Å². The van der Waals surface area contributed by atoms with Gasteiger partial charge in [-0.05, 0) is 26.0 Å². The first kappa shape index (κ1) is 25.5. The highest BCUT2D eigenvalue weighted by atomic mass is 32.2. The first-order valence-electron chi connectivity index (χ1n) is 12.1. The Morgan fingerprint density at radius 3 is 2.55 bits per heavy atom. The molecule has 4 N–H and O–H groups in total. The van der Waals surface area contributed by atoms with Gasteiger partial charge >= 0.3 is 18.0 Å². The zero-order valence-corrected chi connectivity index (χ0v) is 23.0. The number of nitrogens with zero attached hydrogens (tertiary/aromatic N) is 3. The lowest BCUT2D eigenvalue weighted by Crippen LogP contribution is -2.74. The third-order valence-electron chi connectivity index (χ3n) is 7.40. The van der Waals surface area contributed by atoms with Crippen LogP contribution in [-0.4, -0.2) is 96.3 Å². The zero-order valence-electron chi connectivity index (χ0n) is 20.5. The number of aliphatic carboxylic acids is 1. The molecule has 6 amide bonds. The summed E-state index contributed by atoms with van der Waals surface area (Å²) in [5.74, 6) is -0.459. The van der Waals surface area contributed by atoms with Gasteiger partial charge in [0, 0.05) is 40.6 Å². The Bertz CT molecular complexity index is 1260. The van der Waals surface area contributed by atoms with E-state index in [1.165, 1.54) is 16.7 Å². The molecule has 5 heterocycles. The summed E-state index contributed by atoms with van der Waals surface area (Å²) in [6.07, 6.45) is 0. The Labute approximate surface area is 231 Å². The molecule has 1 aromatic rings. The molecular formula is C23H26N6O6S3. The number of nitrogens with one attached hydrogen (secondary N) is 3. The van der Waals surface area contributed by atoms with Crippen LogP contribution in [-0.2, 0) is 20.0 Å². The van der Waals surface area contributed by atoms with E-state index < -0.39 is 57.7 Å². The number of carbonyl (C=O) groups excluding carboxylic acids is 4. The number of carbonyl (C=O) groups is 5. The van der Waals surface area contributed by atoms with Crippen LogP contribution in [0.25, 0.3) is 0 Å². The fraction of sp³-hybridized carbons (Fsp3) is 0.522. The van der Waals surface area contributed by atoms with Crippen molar-refractivity contribution in [3.63, 3.8) is 0 Å². The average Bonchev–Trinajstić information content (AvgIpc) is 3.63. The van der Waals surface area contributed by atoms with Crippen molar-refractivity contribution in [2.24, 2.45) is 0 Å². The second-order valence-corrected chi connectivity index (χ2v) is 14.5. The summed E-state index contributed by atoms with van der Waals surface area (Å²) in [4.78, 5) is 69.3. The predicted molar refractivity (Wildman–Crippen MR) is 144 cm³/mol. The van der Waals surface area contributed by atoms with E-state index in [1.807, 2.05) is 17.0 Å². The van der Waals surface area contributed by atoms with E-state index in [2.05, 4.69) is 16.0 Å². The molecular weight excluding hydrogens is 552 g/mol. The highest BCUT2D eigenvalue weighted by molar-refractivity contribution is 8.20. The monoisotopic (exact) mass is 578 g/mol. The van der Waals surface area contributed by atoms with Crippen molar-refractivity contribution in [2.45, 2.75) is 46.4 Å². The minimum Gasteiger partial charge on any atom is -0.480 e. The van der Waals surface area contributed by atoms with Gasteiger partial charge in [0.25, 0.3) is 5.91 Å². The normalized spacial score (nSPS) is 31.2. The van der Waals surface area contributed by atoms with Crippen molar-refractivity contribution < 1.29 is 29.1 Å². The number of urea groups is 2. The van der Waals surface area contributed by atoms with E-state index in [4.69, 9.17) is 0 Å². The Hall–Kier alpha value is -2.78. The van der Waals surface area contributed by atoms with Crippen LogP contribution in [0.2, 0.25) is 0 Å². The van der Waals surface area contributed by atoms with E-state index >= 15 is 0 Å². The molecule has 0 spiro atoms. The first-order chi connectivity index (χ1) is 18.1. The first-order valence-corrected chi connectivity index (χ1v) is 15.1. The largest absolute Gasteiger partial charge is 0.480 e. The van der Waals surface area contributed by atoms with Crippen molar-refractivity contribution in [2.75, 3.05) is 29.5 Å². The number of benzene rings is 1. The molecule has 1 aromatic carbocycles. The van der Waals surface area contributed by atoms with Crippen LogP contribution in [0.5, 0.6) is 0 Å². The third-order valence-corrected chi connectivity index (χ3v) is 11.9. The van der Waals surface area contributed by atoms with Crippen LogP contribution in [0, 0.1) is 0 Å². The SMILES string of the molecule is CC1(C)S[C@@H]2[C@H](NC(=O)C3(NC(=O)N4CCNC4=O)c4cccc(c4)N3C3SCCS3)C(=O)N2[C@H]1C(=O)O. The maximum Gasteiger partial charge on any atom is 0.328 e. The highest BCUT2D eigenvalue weighted by Crippen LogP contribution is 2.52. The molecule has 38 heavy (non-hydrogen) atoms. The maximum atomic E-state index is 14.3. The summed E-state index contributed by atoms with van der Waals surface area (Å²) in [7, 11) is 0. The molecule has 0 radical (unpaired) electrons. The van der Waals surface area contributed by atoms with Crippen molar-refractivity contribution in [3.05, 3.63) is 29.8 Å². The molecule has 4 atom stereocenters. The number of fused-ring (bicyclic) bond motifs is 3. The second-order valence-electron chi connectivity index (χ2n) is 10.0. The Balaban J connectivity index is 1.35. The van der Waals surface area contributed by atoms with Gasteiger partial charge < -0.3 is 30.9 Å². The number of carboxylic acids is 1. The van der Waals surface area contributed by atoms with Crippen LogP contribution in [0.15, 0.2) is 24.3 Å². The molecule has 4 saturated heterocycles. The molecule has 12 nitrogen and oxygen atoms in total. The van der Waals surface area contributed by atoms with E-state index in [0.717, 1.165) is 22.1 Å². The number of β-lactam (4-membered cyclic amide) rings is 1. The predicted octanol–water partition coefficient (Wildman–Crippen LogP) is 0.790. The number of carboxylic acid groups (broad SMARTS) is 1. The number of hydrogen-bond acceptors (Lipinski definition) is 9. The molecule has 1 unspecified atom stereocenters. The molecule has 6 rings (SSSR count). The Morgan fingerprint density at radius 1 is 1.16 bits per heavy atom. The maximum absolute atomic E-state index is 14.3. The summed E-state index contributed by atoms with van der Waals surface area (Å²) in [5.41, 5.74) is -0.459. The lowest BCUT2D eigenvalue weighted by atomic mass is 9.95. The molecule has 15 heteroatoms. The van der Waals surface area contributed by atoms with Gasteiger partial charge in [0.05, 0.1) is 0 Å².